The summed E-state index contributed by atoms with van der Waals surface area (Å²) in [5.41, 5.74) is 1.93. The first-order chi connectivity index (χ1) is 23.2. The summed E-state index contributed by atoms with van der Waals surface area (Å²) in [4.78, 5) is 35.1. The van der Waals surface area contributed by atoms with E-state index >= 15 is 0 Å². The van der Waals surface area contributed by atoms with E-state index in [-0.39, 0.29) is 5.91 Å². The third kappa shape index (κ3) is 7.86. The number of benzene rings is 3. The number of likely N-dealkylation sites (N-methyl/N-ethyl adjacent to an activating group) is 1. The summed E-state index contributed by atoms with van der Waals surface area (Å²) in [6, 6.07) is 23.1. The van der Waals surface area contributed by atoms with E-state index in [0.717, 1.165) is 88.5 Å². The van der Waals surface area contributed by atoms with Crippen LogP contribution < -0.4 is 14.4 Å². The predicted octanol–water partition coefficient (Wildman–Crippen LogP) is 7.61. The first kappa shape index (κ1) is 35.4. The van der Waals surface area contributed by atoms with Crippen molar-refractivity contribution in [3.05, 3.63) is 106 Å². The molecular formula is C38H44ClN3O5S. The second kappa shape index (κ2) is 15.5. The number of rotatable bonds is 14. The van der Waals surface area contributed by atoms with Crippen molar-refractivity contribution in [2.24, 2.45) is 0 Å². The lowest BCUT2D eigenvalue weighted by atomic mass is 9.94. The number of methoxy groups -OCH3 is 2. The van der Waals surface area contributed by atoms with Crippen LogP contribution in [0.4, 0.5) is 5.13 Å². The van der Waals surface area contributed by atoms with Crippen LogP contribution >= 0.6 is 22.9 Å². The molecule has 254 valence electrons. The molecule has 0 saturated heterocycles. The lowest BCUT2D eigenvalue weighted by Crippen LogP contribution is -2.44. The average Bonchev–Trinajstić information content (AvgIpc) is 4.05. The van der Waals surface area contributed by atoms with Crippen LogP contribution in [0.1, 0.15) is 61.1 Å². The molecule has 0 spiro atoms. The van der Waals surface area contributed by atoms with Gasteiger partial charge in [0, 0.05) is 35.6 Å². The number of carbonyl (C=O) groups is 2. The summed E-state index contributed by atoms with van der Waals surface area (Å²) in [5, 5.41) is 10.6. The predicted molar refractivity (Wildman–Crippen MR) is 192 cm³/mol. The molecule has 2 aliphatic rings. The van der Waals surface area contributed by atoms with Gasteiger partial charge in [0.1, 0.15) is 11.5 Å². The van der Waals surface area contributed by atoms with Crippen LogP contribution in [0.2, 0.25) is 5.02 Å². The Balaban J connectivity index is 0.000000267. The highest BCUT2D eigenvalue weighted by atomic mass is 35.5. The van der Waals surface area contributed by atoms with Crippen LogP contribution in [0.3, 0.4) is 0 Å². The highest BCUT2D eigenvalue weighted by Gasteiger charge is 2.54. The van der Waals surface area contributed by atoms with Crippen molar-refractivity contribution in [3.63, 3.8) is 0 Å². The molecule has 0 aliphatic heterocycles. The van der Waals surface area contributed by atoms with E-state index in [9.17, 15) is 9.59 Å². The minimum atomic E-state index is -0.720. The van der Waals surface area contributed by atoms with E-state index in [1.807, 2.05) is 71.8 Å². The zero-order valence-corrected chi connectivity index (χ0v) is 29.7. The first-order valence-corrected chi connectivity index (χ1v) is 17.6. The molecule has 0 unspecified atom stereocenters. The summed E-state index contributed by atoms with van der Waals surface area (Å²) in [6.45, 7) is 7.66. The normalized spacial score (nSPS) is 15.2. The number of thiazole rings is 1. The molecule has 2 aliphatic carbocycles. The highest BCUT2D eigenvalue weighted by molar-refractivity contribution is 7.15. The van der Waals surface area contributed by atoms with Gasteiger partial charge in [0.05, 0.1) is 25.0 Å². The Morgan fingerprint density at radius 1 is 0.833 bits per heavy atom. The van der Waals surface area contributed by atoms with Gasteiger partial charge in [0.15, 0.2) is 5.13 Å². The smallest absolute Gasteiger partial charge is 0.314 e. The second-order valence-corrected chi connectivity index (χ2v) is 13.8. The molecule has 1 N–H and O–H groups in total. The molecule has 0 bridgehead atoms. The van der Waals surface area contributed by atoms with Gasteiger partial charge in [-0.05, 0) is 85.8 Å². The number of hydrogen-bond donors (Lipinski definition) is 1. The Morgan fingerprint density at radius 2 is 1.38 bits per heavy atom. The number of carbonyl (C=O) groups excluding carboxylic acids is 1. The zero-order chi connectivity index (χ0) is 34.3. The fourth-order valence-corrected chi connectivity index (χ4v) is 7.14. The van der Waals surface area contributed by atoms with Gasteiger partial charge in [-0.3, -0.25) is 14.5 Å². The minimum absolute atomic E-state index is 0.142. The zero-order valence-electron chi connectivity index (χ0n) is 28.1. The molecule has 48 heavy (non-hydrogen) atoms. The SMILES string of the molecule is CCN(CC)CCN(C(=O)C1(c2ccc(OC)cc2)CC1)c1ncc(Cc2ccccc2Cl)s1.COc1ccc(C2(C(=O)O)CC2)cc1. The quantitative estimate of drug-likeness (QED) is 0.146. The van der Waals surface area contributed by atoms with Gasteiger partial charge in [0.2, 0.25) is 5.91 Å². The summed E-state index contributed by atoms with van der Waals surface area (Å²) >= 11 is 7.95. The maximum absolute atomic E-state index is 14.0. The summed E-state index contributed by atoms with van der Waals surface area (Å²) in [5.74, 6) is 0.982. The standard InChI is InChI=1S/C27H32ClN3O2S.C11H12O3/c1-4-30(5-2)16-17-31(25(32)27(14-15-27)21-10-12-22(33-3)13-11-21)26-29-19-23(34-26)18-20-8-6-7-9-24(20)28;1-14-9-4-2-8(3-5-9)11(6-7-11)10(12)13/h6-13,19H,4-5,14-18H2,1-3H3;2-5H,6-7H2,1H3,(H,12,13). The maximum atomic E-state index is 14.0. The van der Waals surface area contributed by atoms with Crippen LogP contribution in [0, 0.1) is 0 Å². The van der Waals surface area contributed by atoms with Crippen molar-refractivity contribution in [3.8, 4) is 11.5 Å². The van der Waals surface area contributed by atoms with E-state index in [0.29, 0.717) is 13.0 Å². The van der Waals surface area contributed by atoms with Gasteiger partial charge in [0.25, 0.3) is 0 Å². The van der Waals surface area contributed by atoms with Crippen molar-refractivity contribution in [1.82, 2.24) is 9.88 Å². The first-order valence-electron chi connectivity index (χ1n) is 16.4. The summed E-state index contributed by atoms with van der Waals surface area (Å²) < 4.78 is 10.3. The number of halogens is 1. The Bertz CT molecular complexity index is 1680. The largest absolute Gasteiger partial charge is 0.497 e. The molecule has 1 amide bonds. The number of carboxylic acid groups (broad SMARTS) is 1. The van der Waals surface area contributed by atoms with Gasteiger partial charge in [-0.1, -0.05) is 67.9 Å². The van der Waals surface area contributed by atoms with Gasteiger partial charge in [-0.25, -0.2) is 4.98 Å². The third-order valence-electron chi connectivity index (χ3n) is 9.48. The molecule has 2 fully saturated rings. The van der Waals surface area contributed by atoms with Crippen LogP contribution in [0.15, 0.2) is 79.0 Å². The summed E-state index contributed by atoms with van der Waals surface area (Å²) in [6.07, 6.45) is 5.80. The fraction of sp³-hybridized carbons (Fsp3) is 0.395. The molecule has 4 aromatic rings. The molecule has 0 atom stereocenters. The van der Waals surface area contributed by atoms with E-state index in [4.69, 9.17) is 31.2 Å². The minimum Gasteiger partial charge on any atom is -0.497 e. The number of ether oxygens (including phenoxy) is 2. The van der Waals surface area contributed by atoms with Crippen molar-refractivity contribution in [1.29, 1.82) is 0 Å². The van der Waals surface area contributed by atoms with Crippen molar-refractivity contribution >= 4 is 39.9 Å². The van der Waals surface area contributed by atoms with Gasteiger partial charge in [-0.15, -0.1) is 11.3 Å². The van der Waals surface area contributed by atoms with Gasteiger partial charge < -0.3 is 19.5 Å². The molecular weight excluding hydrogens is 646 g/mol. The number of aromatic nitrogens is 1. The molecule has 8 nitrogen and oxygen atoms in total. The fourth-order valence-electron chi connectivity index (χ4n) is 5.98. The molecule has 1 heterocycles. The van der Waals surface area contributed by atoms with Gasteiger partial charge >= 0.3 is 5.97 Å². The van der Waals surface area contributed by atoms with Gasteiger partial charge in [-0.2, -0.15) is 0 Å². The van der Waals surface area contributed by atoms with Crippen LogP contribution in [0.25, 0.3) is 0 Å². The Kier molecular flexibility index (Phi) is 11.5. The second-order valence-electron chi connectivity index (χ2n) is 12.3. The van der Waals surface area contributed by atoms with Crippen molar-refractivity contribution < 1.29 is 24.2 Å². The number of carboxylic acids is 1. The lowest BCUT2D eigenvalue weighted by Gasteiger charge is -2.28. The van der Waals surface area contributed by atoms with E-state index in [1.165, 1.54) is 0 Å². The molecule has 0 radical (unpaired) electrons. The number of hydrogen-bond acceptors (Lipinski definition) is 7. The van der Waals surface area contributed by atoms with E-state index in [2.05, 4.69) is 18.7 Å². The number of aliphatic carboxylic acids is 1. The Morgan fingerprint density at radius 3 is 1.85 bits per heavy atom. The van der Waals surface area contributed by atoms with Crippen molar-refractivity contribution in [2.45, 2.75) is 56.8 Å². The average molecular weight is 690 g/mol. The molecule has 3 aromatic carbocycles. The Hall–Kier alpha value is -3.92. The van der Waals surface area contributed by atoms with E-state index < -0.39 is 16.8 Å². The molecule has 2 saturated carbocycles. The number of nitrogens with zero attached hydrogens (tertiary/aromatic N) is 3. The third-order valence-corrected chi connectivity index (χ3v) is 10.9. The van der Waals surface area contributed by atoms with E-state index in [1.54, 1.807) is 37.7 Å². The number of anilines is 1. The van der Waals surface area contributed by atoms with Crippen LogP contribution in [-0.4, -0.2) is 67.3 Å². The molecule has 6 rings (SSSR count). The topological polar surface area (TPSA) is 92.2 Å². The lowest BCUT2D eigenvalue weighted by molar-refractivity contribution is -0.140. The highest BCUT2D eigenvalue weighted by Crippen LogP contribution is 2.51. The van der Waals surface area contributed by atoms with Crippen molar-refractivity contribution in [2.75, 3.05) is 45.3 Å². The summed E-state index contributed by atoms with van der Waals surface area (Å²) in [7, 11) is 3.25. The monoisotopic (exact) mass is 689 g/mol. The van der Waals surface area contributed by atoms with Crippen LogP contribution in [0.5, 0.6) is 11.5 Å². The maximum Gasteiger partial charge on any atom is 0.314 e. The Labute approximate surface area is 292 Å². The molecule has 1 aromatic heterocycles. The van der Waals surface area contributed by atoms with Crippen LogP contribution in [-0.2, 0) is 26.8 Å². The molecule has 10 heteroatoms. The number of amides is 1.